The Hall–Kier alpha value is -1.69. The van der Waals surface area contributed by atoms with Gasteiger partial charge in [-0.25, -0.2) is 0 Å². The summed E-state index contributed by atoms with van der Waals surface area (Å²) in [5, 5.41) is 0. The molecule has 2 rings (SSSR count). The molecule has 24 heavy (non-hydrogen) atoms. The van der Waals surface area contributed by atoms with Crippen molar-refractivity contribution in [1.29, 1.82) is 0 Å². The van der Waals surface area contributed by atoms with Gasteiger partial charge in [-0.15, -0.1) is 0 Å². The quantitative estimate of drug-likeness (QED) is 0.506. The summed E-state index contributed by atoms with van der Waals surface area (Å²) in [5.74, 6) is 0. The monoisotopic (exact) mass is 325 g/mol. The van der Waals surface area contributed by atoms with Gasteiger partial charge in [0, 0.05) is 0 Å². The van der Waals surface area contributed by atoms with E-state index in [1.54, 1.807) is 6.92 Å². The van der Waals surface area contributed by atoms with Crippen LogP contribution in [0.4, 0.5) is 0 Å². The first-order chi connectivity index (χ1) is 10.7. The van der Waals surface area contributed by atoms with Gasteiger partial charge >= 0.3 is 0 Å². The lowest BCUT2D eigenvalue weighted by Crippen LogP contribution is -2.11. The molecule has 0 fully saturated rings. The molecule has 0 N–H and O–H groups in total. The van der Waals surface area contributed by atoms with Crippen molar-refractivity contribution in [3.63, 3.8) is 0 Å². The van der Waals surface area contributed by atoms with Crippen LogP contribution in [0.2, 0.25) is 0 Å². The van der Waals surface area contributed by atoms with Crippen molar-refractivity contribution in [2.24, 2.45) is 0 Å². The molecule has 0 spiro atoms. The normalized spacial score (nSPS) is 11.1. The highest BCUT2D eigenvalue weighted by atomic mass is 14.2. The summed E-state index contributed by atoms with van der Waals surface area (Å²) in [6, 6.07) is 18.1. The Kier molecular flexibility index (Phi) is 8.34. The van der Waals surface area contributed by atoms with E-state index in [0.29, 0.717) is 0 Å². The molecule has 0 bridgehead atoms. The van der Waals surface area contributed by atoms with E-state index in [2.05, 4.69) is 97.0 Å². The average Bonchev–Trinajstić information content (AvgIpc) is 2.48. The van der Waals surface area contributed by atoms with E-state index in [0.717, 1.165) is 6.42 Å². The summed E-state index contributed by atoms with van der Waals surface area (Å²) in [7, 11) is 0. The van der Waals surface area contributed by atoms with E-state index in [1.165, 1.54) is 22.3 Å². The van der Waals surface area contributed by atoms with Gasteiger partial charge in [0.15, 0.2) is 0 Å². The lowest BCUT2D eigenvalue weighted by Gasteiger charge is -2.20. The predicted molar refractivity (Wildman–Crippen MR) is 111 cm³/mol. The lowest BCUT2D eigenvalue weighted by molar-refractivity contribution is 0.590. The highest BCUT2D eigenvalue weighted by Crippen LogP contribution is 2.24. The summed E-state index contributed by atoms with van der Waals surface area (Å²) in [4.78, 5) is 0. The molecule has 2 aromatic carbocycles. The first-order valence-corrected chi connectivity index (χ1v) is 8.56. The minimum atomic E-state index is 0. The van der Waals surface area contributed by atoms with Gasteiger partial charge < -0.3 is 0 Å². The molecule has 0 aliphatic rings. The van der Waals surface area contributed by atoms with E-state index < -0.39 is 0 Å². The van der Waals surface area contributed by atoms with Crippen molar-refractivity contribution in [2.45, 2.75) is 73.1 Å². The van der Waals surface area contributed by atoms with Crippen LogP contribution in [0.5, 0.6) is 0 Å². The second-order valence-electron chi connectivity index (χ2n) is 8.07. The van der Waals surface area contributed by atoms with Crippen LogP contribution in [-0.2, 0) is 17.3 Å². The van der Waals surface area contributed by atoms with Gasteiger partial charge in [-0.1, -0.05) is 97.5 Å². The second-order valence-corrected chi connectivity index (χ2v) is 8.07. The molecule has 0 aliphatic carbocycles. The average molecular weight is 326 g/mol. The van der Waals surface area contributed by atoms with Gasteiger partial charge in [-0.05, 0) is 39.5 Å². The Morgan fingerprint density at radius 1 is 0.583 bits per heavy atom. The molecule has 0 radical (unpaired) electrons. The van der Waals surface area contributed by atoms with Crippen LogP contribution in [0, 0.1) is 6.92 Å². The van der Waals surface area contributed by atoms with Gasteiger partial charge in [0.2, 0.25) is 0 Å². The van der Waals surface area contributed by atoms with E-state index in [1.807, 2.05) is 0 Å². The number of hydrogen-bond acceptors (Lipinski definition) is 0. The molecule has 0 atom stereocenters. The molecule has 2 aromatic rings. The Morgan fingerprint density at radius 3 is 1.04 bits per heavy atom. The molecule has 0 saturated heterocycles. The molecule has 0 nitrogen and oxygen atoms in total. The van der Waals surface area contributed by atoms with Gasteiger partial charge in [0.1, 0.15) is 0 Å². The number of rotatable bonds is 2. The van der Waals surface area contributed by atoms with Crippen molar-refractivity contribution >= 4 is 0 Å². The SMILES string of the molecule is C.CC(C)(C)c1ccc(Cc2ccc(C(C)(C)C)cc2)cc1.[CH2+]C. The van der Waals surface area contributed by atoms with Crippen LogP contribution in [0.3, 0.4) is 0 Å². The number of benzene rings is 2. The fraction of sp³-hybridized carbons (Fsp3) is 0.458. The zero-order valence-electron chi connectivity index (χ0n) is 16.0. The minimum Gasteiger partial charge on any atom is -0.0776 e. The molecule has 132 valence electrons. The first kappa shape index (κ1) is 22.3. The van der Waals surface area contributed by atoms with Gasteiger partial charge in [0.25, 0.3) is 0 Å². The maximum absolute atomic E-state index is 3.25. The van der Waals surface area contributed by atoms with Crippen LogP contribution in [0.25, 0.3) is 0 Å². The highest BCUT2D eigenvalue weighted by Gasteiger charge is 2.14. The standard InChI is InChI=1S/C21H28.C2H5.CH4/c1-20(2,3)18-11-7-16(8-12-18)15-17-9-13-19(14-10-17)21(4,5)6;1-2;/h7-14H,15H2,1-6H3;1H2,2H3;1H4/q;+1;. The van der Waals surface area contributed by atoms with Crippen LogP contribution in [-0.4, -0.2) is 0 Å². The van der Waals surface area contributed by atoms with Gasteiger partial charge in [0.05, 0.1) is 13.8 Å². The van der Waals surface area contributed by atoms with Crippen molar-refractivity contribution < 1.29 is 0 Å². The van der Waals surface area contributed by atoms with Crippen LogP contribution >= 0.6 is 0 Å². The third-order valence-electron chi connectivity index (χ3n) is 4.05. The maximum Gasteiger partial charge on any atom is 0.0746 e. The molecular weight excluding hydrogens is 288 g/mol. The largest absolute Gasteiger partial charge is 0.0776 e. The molecular formula is C24H37+. The van der Waals surface area contributed by atoms with Gasteiger partial charge in [-0.2, -0.15) is 0 Å². The molecule has 0 aromatic heterocycles. The van der Waals surface area contributed by atoms with Crippen molar-refractivity contribution in [3.05, 3.63) is 77.7 Å². The predicted octanol–water partition coefficient (Wildman–Crippen LogP) is 7.35. The molecule has 0 unspecified atom stereocenters. The van der Waals surface area contributed by atoms with E-state index in [-0.39, 0.29) is 18.3 Å². The van der Waals surface area contributed by atoms with Gasteiger partial charge in [-0.3, -0.25) is 0 Å². The first-order valence-electron chi connectivity index (χ1n) is 8.56. The Morgan fingerprint density at radius 2 is 0.833 bits per heavy atom. The zero-order chi connectivity index (χ0) is 17.7. The van der Waals surface area contributed by atoms with Crippen molar-refractivity contribution in [1.82, 2.24) is 0 Å². The Balaban J connectivity index is 0.00000170. The molecule has 0 heterocycles. The Bertz CT molecular complexity index is 516. The van der Waals surface area contributed by atoms with Crippen molar-refractivity contribution in [2.75, 3.05) is 0 Å². The third kappa shape index (κ3) is 6.43. The van der Waals surface area contributed by atoms with Crippen LogP contribution in [0.15, 0.2) is 48.5 Å². The summed E-state index contributed by atoms with van der Waals surface area (Å²) in [5.41, 5.74) is 6.02. The Labute approximate surface area is 151 Å². The number of hydrogen-bond donors (Lipinski definition) is 0. The van der Waals surface area contributed by atoms with Crippen LogP contribution in [0.1, 0.15) is 78.1 Å². The molecule has 0 saturated carbocycles. The lowest BCUT2D eigenvalue weighted by atomic mass is 9.85. The van der Waals surface area contributed by atoms with E-state index in [4.69, 9.17) is 0 Å². The molecule has 0 amide bonds. The summed E-state index contributed by atoms with van der Waals surface area (Å²) in [6.07, 6.45) is 1.01. The minimum absolute atomic E-state index is 0. The zero-order valence-corrected chi connectivity index (χ0v) is 16.0. The summed E-state index contributed by atoms with van der Waals surface area (Å²) >= 11 is 0. The fourth-order valence-electron chi connectivity index (χ4n) is 2.48. The highest BCUT2D eigenvalue weighted by molar-refractivity contribution is 5.33. The topological polar surface area (TPSA) is 0 Å². The van der Waals surface area contributed by atoms with E-state index in [9.17, 15) is 0 Å². The summed E-state index contributed by atoms with van der Waals surface area (Å²) < 4.78 is 0. The third-order valence-corrected chi connectivity index (χ3v) is 4.05. The van der Waals surface area contributed by atoms with E-state index >= 15 is 0 Å². The molecule has 0 aliphatic heterocycles. The smallest absolute Gasteiger partial charge is 0.0746 e. The molecule has 0 heteroatoms. The maximum atomic E-state index is 3.25. The van der Waals surface area contributed by atoms with Crippen LogP contribution < -0.4 is 0 Å². The van der Waals surface area contributed by atoms with Crippen molar-refractivity contribution in [3.8, 4) is 0 Å². The second kappa shape index (κ2) is 8.97. The summed E-state index contributed by atoms with van der Waals surface area (Å²) in [6.45, 7) is 18.5. The fourth-order valence-corrected chi connectivity index (χ4v) is 2.48.